The van der Waals surface area contributed by atoms with E-state index in [0.717, 1.165) is 46.3 Å². The summed E-state index contributed by atoms with van der Waals surface area (Å²) in [5, 5.41) is 19.4. The Morgan fingerprint density at radius 3 is 2.55 bits per heavy atom. The van der Waals surface area contributed by atoms with Crippen molar-refractivity contribution < 1.29 is 4.74 Å². The molecule has 0 spiro atoms. The Morgan fingerprint density at radius 2 is 1.83 bits per heavy atom. The number of nitrogens with zero attached hydrogens (tertiary/aromatic N) is 4. The summed E-state index contributed by atoms with van der Waals surface area (Å²) in [5.74, 6) is 2.45. The van der Waals surface area contributed by atoms with Crippen LogP contribution >= 0.6 is 11.8 Å². The van der Waals surface area contributed by atoms with Crippen LogP contribution in [0, 0.1) is 11.3 Å². The summed E-state index contributed by atoms with van der Waals surface area (Å²) >= 11 is 1.66. The highest BCUT2D eigenvalue weighted by Crippen LogP contribution is 2.36. The molecule has 6 heteroatoms. The summed E-state index contributed by atoms with van der Waals surface area (Å²) in [6.45, 7) is 0. The maximum Gasteiger partial charge on any atom is 0.192 e. The summed E-state index contributed by atoms with van der Waals surface area (Å²) in [6, 6.07) is 18.5. The molecule has 3 aromatic rings. The van der Waals surface area contributed by atoms with Crippen molar-refractivity contribution in [2.45, 2.75) is 49.1 Å². The van der Waals surface area contributed by atoms with E-state index in [4.69, 9.17) is 4.74 Å². The molecule has 0 saturated heterocycles. The molecule has 2 aromatic carbocycles. The zero-order valence-electron chi connectivity index (χ0n) is 16.5. The molecule has 0 amide bonds. The van der Waals surface area contributed by atoms with Crippen LogP contribution in [0.1, 0.15) is 49.3 Å². The molecule has 1 fully saturated rings. The molecule has 1 aliphatic carbocycles. The molecular formula is C23H24N4OS. The predicted octanol–water partition coefficient (Wildman–Crippen LogP) is 5.62. The van der Waals surface area contributed by atoms with Crippen LogP contribution in [-0.4, -0.2) is 21.9 Å². The molecule has 4 rings (SSSR count). The second kappa shape index (κ2) is 9.15. The Kier molecular flexibility index (Phi) is 6.16. The molecule has 29 heavy (non-hydrogen) atoms. The quantitative estimate of drug-likeness (QED) is 0.499. The van der Waals surface area contributed by atoms with Crippen molar-refractivity contribution in [3.05, 3.63) is 59.7 Å². The van der Waals surface area contributed by atoms with E-state index in [1.54, 1.807) is 18.9 Å². The highest BCUT2D eigenvalue weighted by atomic mass is 32.2. The lowest BCUT2D eigenvalue weighted by Crippen LogP contribution is -2.15. The minimum atomic E-state index is 0.421. The maximum absolute atomic E-state index is 9.37. The molecule has 1 saturated carbocycles. The number of benzene rings is 2. The minimum Gasteiger partial charge on any atom is -0.497 e. The van der Waals surface area contributed by atoms with Gasteiger partial charge in [0.05, 0.1) is 18.7 Å². The normalized spacial score (nSPS) is 14.5. The Balaban J connectivity index is 1.66. The number of ether oxygens (including phenoxy) is 1. The third kappa shape index (κ3) is 4.30. The van der Waals surface area contributed by atoms with E-state index < -0.39 is 0 Å². The fraction of sp³-hybridized carbons (Fsp3) is 0.348. The Labute approximate surface area is 175 Å². The third-order valence-corrected chi connectivity index (χ3v) is 6.44. The smallest absolute Gasteiger partial charge is 0.192 e. The molecule has 148 valence electrons. The van der Waals surface area contributed by atoms with Gasteiger partial charge in [-0.15, -0.1) is 10.2 Å². The lowest BCUT2D eigenvalue weighted by atomic mass is 9.95. The molecule has 1 aromatic heterocycles. The van der Waals surface area contributed by atoms with Gasteiger partial charge in [-0.3, -0.25) is 4.57 Å². The average molecular weight is 405 g/mol. The summed E-state index contributed by atoms with van der Waals surface area (Å²) in [7, 11) is 1.67. The molecule has 1 heterocycles. The second-order valence-corrected chi connectivity index (χ2v) is 8.20. The lowest BCUT2D eigenvalue weighted by molar-refractivity contribution is 0.339. The van der Waals surface area contributed by atoms with Crippen LogP contribution in [0.15, 0.2) is 53.7 Å². The molecule has 0 unspecified atom stereocenters. The lowest BCUT2D eigenvalue weighted by Gasteiger charge is -2.25. The molecule has 0 N–H and O–H groups in total. The van der Waals surface area contributed by atoms with Crippen molar-refractivity contribution >= 4 is 11.8 Å². The van der Waals surface area contributed by atoms with Gasteiger partial charge in [0.2, 0.25) is 0 Å². The van der Waals surface area contributed by atoms with Crippen LogP contribution in [0.25, 0.3) is 11.4 Å². The van der Waals surface area contributed by atoms with Gasteiger partial charge in [-0.05, 0) is 48.7 Å². The first-order valence-corrected chi connectivity index (χ1v) is 11.0. The number of aromatic nitrogens is 3. The molecule has 5 nitrogen and oxygen atoms in total. The van der Waals surface area contributed by atoms with E-state index in [0.29, 0.717) is 11.8 Å². The van der Waals surface area contributed by atoms with Gasteiger partial charge in [0.25, 0.3) is 0 Å². The summed E-state index contributed by atoms with van der Waals surface area (Å²) in [4.78, 5) is 0. The van der Waals surface area contributed by atoms with E-state index in [1.807, 2.05) is 48.5 Å². The van der Waals surface area contributed by atoms with Gasteiger partial charge in [-0.2, -0.15) is 5.26 Å². The standard InChI is InChI=1S/C23H24N4OS/c1-28-21-13-11-17(12-14-21)22-25-26-23(27(22)20-9-3-2-4-10-20)29-16-19-8-6-5-7-18(19)15-24/h5-8,11-14,20H,2-4,9-10,16H2,1H3. The van der Waals surface area contributed by atoms with Crippen LogP contribution < -0.4 is 4.74 Å². The SMILES string of the molecule is COc1ccc(-c2nnc(SCc3ccccc3C#N)n2C2CCCCC2)cc1. The van der Waals surface area contributed by atoms with Crippen molar-refractivity contribution in [3.63, 3.8) is 0 Å². The van der Waals surface area contributed by atoms with Gasteiger partial charge in [0.15, 0.2) is 11.0 Å². The topological polar surface area (TPSA) is 63.7 Å². The van der Waals surface area contributed by atoms with E-state index in [2.05, 4.69) is 20.8 Å². The average Bonchev–Trinajstić information content (AvgIpc) is 3.22. The van der Waals surface area contributed by atoms with Crippen LogP contribution in [0.5, 0.6) is 5.75 Å². The fourth-order valence-corrected chi connectivity index (χ4v) is 4.89. The number of hydrogen-bond donors (Lipinski definition) is 0. The second-order valence-electron chi connectivity index (χ2n) is 7.25. The van der Waals surface area contributed by atoms with Crippen molar-refractivity contribution in [1.29, 1.82) is 5.26 Å². The number of methoxy groups -OCH3 is 1. The number of hydrogen-bond acceptors (Lipinski definition) is 5. The molecular weight excluding hydrogens is 380 g/mol. The van der Waals surface area contributed by atoms with Crippen LogP contribution in [0.2, 0.25) is 0 Å². The number of nitriles is 1. The predicted molar refractivity (Wildman–Crippen MR) is 115 cm³/mol. The summed E-state index contributed by atoms with van der Waals surface area (Å²) in [5.41, 5.74) is 2.80. The number of rotatable bonds is 6. The molecule has 0 aliphatic heterocycles. The fourth-order valence-electron chi connectivity index (χ4n) is 3.88. The Bertz CT molecular complexity index is 1000. The zero-order chi connectivity index (χ0) is 20.1. The van der Waals surface area contributed by atoms with Crippen LogP contribution in [-0.2, 0) is 5.75 Å². The Hall–Kier alpha value is -2.78. The van der Waals surface area contributed by atoms with Crippen molar-refractivity contribution in [2.75, 3.05) is 7.11 Å². The van der Waals surface area contributed by atoms with Crippen LogP contribution in [0.4, 0.5) is 0 Å². The van der Waals surface area contributed by atoms with Gasteiger partial charge in [-0.25, -0.2) is 0 Å². The molecule has 0 radical (unpaired) electrons. The van der Waals surface area contributed by atoms with Crippen LogP contribution in [0.3, 0.4) is 0 Å². The third-order valence-electron chi connectivity index (χ3n) is 5.45. The molecule has 0 atom stereocenters. The van der Waals surface area contributed by atoms with E-state index >= 15 is 0 Å². The first-order chi connectivity index (χ1) is 14.3. The van der Waals surface area contributed by atoms with Crippen molar-refractivity contribution in [1.82, 2.24) is 14.8 Å². The first kappa shape index (κ1) is 19.5. The monoisotopic (exact) mass is 404 g/mol. The maximum atomic E-state index is 9.37. The van der Waals surface area contributed by atoms with Gasteiger partial charge >= 0.3 is 0 Å². The van der Waals surface area contributed by atoms with Gasteiger partial charge in [-0.1, -0.05) is 49.2 Å². The zero-order valence-corrected chi connectivity index (χ0v) is 17.4. The minimum absolute atomic E-state index is 0.421. The molecule has 0 bridgehead atoms. The Morgan fingerprint density at radius 1 is 1.07 bits per heavy atom. The van der Waals surface area contributed by atoms with Gasteiger partial charge < -0.3 is 4.74 Å². The molecule has 1 aliphatic rings. The summed E-state index contributed by atoms with van der Waals surface area (Å²) in [6.07, 6.45) is 6.10. The van der Waals surface area contributed by atoms with Gasteiger partial charge in [0, 0.05) is 17.4 Å². The number of thioether (sulfide) groups is 1. The largest absolute Gasteiger partial charge is 0.497 e. The van der Waals surface area contributed by atoms with Crippen molar-refractivity contribution in [3.8, 4) is 23.2 Å². The van der Waals surface area contributed by atoms with Gasteiger partial charge in [0.1, 0.15) is 5.75 Å². The van der Waals surface area contributed by atoms with E-state index in [1.165, 1.54) is 19.3 Å². The highest BCUT2D eigenvalue weighted by Gasteiger charge is 2.24. The van der Waals surface area contributed by atoms with E-state index in [9.17, 15) is 5.26 Å². The summed E-state index contributed by atoms with van der Waals surface area (Å²) < 4.78 is 7.61. The highest BCUT2D eigenvalue weighted by molar-refractivity contribution is 7.98. The van der Waals surface area contributed by atoms with E-state index in [-0.39, 0.29) is 0 Å². The van der Waals surface area contributed by atoms with Crippen molar-refractivity contribution in [2.24, 2.45) is 0 Å². The first-order valence-electron chi connectivity index (χ1n) is 10.0.